The van der Waals surface area contributed by atoms with E-state index in [4.69, 9.17) is 23.1 Å². The summed E-state index contributed by atoms with van der Waals surface area (Å²) < 4.78 is 52.2. The third kappa shape index (κ3) is 9.32. The number of ketones is 1. The third-order valence-corrected chi connectivity index (χ3v) is 7.30. The molecular weight excluding hydrogens is 460 g/mol. The minimum Gasteiger partial charge on any atom is -0.353 e. The Bertz CT molecular complexity index is 740. The molecule has 0 N–H and O–H groups in total. The van der Waals surface area contributed by atoms with Gasteiger partial charge in [0.2, 0.25) is 0 Å². The highest BCUT2D eigenvalue weighted by atomic mass is 32.2. The molecule has 2 heterocycles. The molecule has 3 fully saturated rings. The fourth-order valence-electron chi connectivity index (χ4n) is 4.84. The van der Waals surface area contributed by atoms with Crippen LogP contribution < -0.4 is 0 Å². The zero-order chi connectivity index (χ0) is 24.4. The van der Waals surface area contributed by atoms with Crippen LogP contribution in [0.2, 0.25) is 0 Å². The molecule has 0 aromatic rings. The first-order valence-electron chi connectivity index (χ1n) is 12.9. The van der Waals surface area contributed by atoms with Gasteiger partial charge in [-0.05, 0) is 44.9 Å². The molecule has 0 bridgehead atoms. The van der Waals surface area contributed by atoms with Crippen LogP contribution in [0.3, 0.4) is 0 Å². The molecule has 8 nitrogen and oxygen atoms in total. The Kier molecular flexibility index (Phi) is 11.5. The van der Waals surface area contributed by atoms with Gasteiger partial charge in [0.1, 0.15) is 5.78 Å². The molecule has 1 aliphatic carbocycles. The largest absolute Gasteiger partial charge is 0.353 e. The lowest BCUT2D eigenvalue weighted by Crippen LogP contribution is -2.32. The molecule has 9 heteroatoms. The van der Waals surface area contributed by atoms with Gasteiger partial charge < -0.3 is 18.9 Å². The normalized spacial score (nSPS) is 31.8. The van der Waals surface area contributed by atoms with Crippen molar-refractivity contribution in [1.82, 2.24) is 0 Å². The Balaban J connectivity index is 1.72. The molecule has 6 atom stereocenters. The molecule has 0 spiro atoms. The van der Waals surface area contributed by atoms with E-state index >= 15 is 0 Å². The molecule has 0 amide bonds. The Labute approximate surface area is 204 Å². The van der Waals surface area contributed by atoms with Gasteiger partial charge in [0.15, 0.2) is 12.6 Å². The standard InChI is InChI=1S/C25H42O8S/c1-3-4-5-10-19(32-24-11-6-8-15-29-24)13-14-20-21(18-31-34(2,27)28)22(26)17-23(20)33-25-12-7-9-16-30-25/h13-14,19-21,23-25H,3-12,15-18H2,1-2H3/t19?,20-,21-,23?,24?,25?/m1/s1. The number of Topliss-reactive ketones (excluding diaryl/α,β-unsaturated/α-hetero) is 1. The average molecular weight is 503 g/mol. The minimum absolute atomic E-state index is 0.0434. The van der Waals surface area contributed by atoms with Crippen LogP contribution in [-0.4, -0.2) is 65.1 Å². The van der Waals surface area contributed by atoms with Crippen LogP contribution in [0.5, 0.6) is 0 Å². The van der Waals surface area contributed by atoms with Gasteiger partial charge in [-0.2, -0.15) is 8.42 Å². The fraction of sp³-hybridized carbons (Fsp3) is 0.880. The van der Waals surface area contributed by atoms with Crippen molar-refractivity contribution in [2.75, 3.05) is 26.1 Å². The smallest absolute Gasteiger partial charge is 0.264 e. The first-order valence-corrected chi connectivity index (χ1v) is 14.8. The van der Waals surface area contributed by atoms with Gasteiger partial charge in [-0.25, -0.2) is 0 Å². The summed E-state index contributed by atoms with van der Waals surface area (Å²) in [7, 11) is -3.65. The van der Waals surface area contributed by atoms with E-state index < -0.39 is 16.0 Å². The summed E-state index contributed by atoms with van der Waals surface area (Å²) in [5.74, 6) is -0.927. The fourth-order valence-corrected chi connectivity index (χ4v) is 5.24. The number of unbranched alkanes of at least 4 members (excludes halogenated alkanes) is 2. The topological polar surface area (TPSA) is 97.4 Å². The lowest BCUT2D eigenvalue weighted by Gasteiger charge is -2.29. The van der Waals surface area contributed by atoms with Gasteiger partial charge in [-0.15, -0.1) is 0 Å². The predicted octanol–water partition coefficient (Wildman–Crippen LogP) is 4.13. The van der Waals surface area contributed by atoms with E-state index in [1.54, 1.807) is 0 Å². The Morgan fingerprint density at radius 1 is 1.06 bits per heavy atom. The number of hydrogen-bond donors (Lipinski definition) is 0. The van der Waals surface area contributed by atoms with E-state index in [1.165, 1.54) is 0 Å². The van der Waals surface area contributed by atoms with Crippen LogP contribution in [0.4, 0.5) is 0 Å². The average Bonchev–Trinajstić information content (AvgIpc) is 3.10. The van der Waals surface area contributed by atoms with Crippen molar-refractivity contribution >= 4 is 15.9 Å². The SMILES string of the molecule is CCCCCC(C=C[C@H]1C(OC2CCCCO2)CC(=O)[C@@H]1COS(C)(=O)=O)OC1CCCCO1. The van der Waals surface area contributed by atoms with Crippen LogP contribution in [-0.2, 0) is 38.0 Å². The molecule has 0 aromatic heterocycles. The Morgan fingerprint density at radius 2 is 1.76 bits per heavy atom. The maximum absolute atomic E-state index is 12.8. The maximum atomic E-state index is 12.8. The monoisotopic (exact) mass is 502 g/mol. The van der Waals surface area contributed by atoms with Crippen molar-refractivity contribution in [3.63, 3.8) is 0 Å². The summed E-state index contributed by atoms with van der Waals surface area (Å²) in [4.78, 5) is 12.8. The molecule has 2 saturated heterocycles. The second kappa shape index (κ2) is 14.0. The zero-order valence-electron chi connectivity index (χ0n) is 20.7. The third-order valence-electron chi connectivity index (χ3n) is 6.74. The van der Waals surface area contributed by atoms with E-state index in [1.807, 2.05) is 12.2 Å². The first-order chi connectivity index (χ1) is 16.4. The highest BCUT2D eigenvalue weighted by Crippen LogP contribution is 2.35. The van der Waals surface area contributed by atoms with Gasteiger partial charge >= 0.3 is 0 Å². The van der Waals surface area contributed by atoms with Gasteiger partial charge in [0.05, 0.1) is 31.0 Å². The van der Waals surface area contributed by atoms with Gasteiger partial charge in [-0.1, -0.05) is 38.3 Å². The van der Waals surface area contributed by atoms with E-state index in [9.17, 15) is 13.2 Å². The molecular formula is C25H42O8S. The summed E-state index contributed by atoms with van der Waals surface area (Å²) in [5.41, 5.74) is 0. The van der Waals surface area contributed by atoms with E-state index in [-0.39, 0.29) is 49.5 Å². The van der Waals surface area contributed by atoms with Crippen LogP contribution in [0.25, 0.3) is 0 Å². The van der Waals surface area contributed by atoms with Crippen molar-refractivity contribution in [2.45, 2.75) is 102 Å². The van der Waals surface area contributed by atoms with E-state index in [0.29, 0.717) is 6.61 Å². The minimum atomic E-state index is -3.65. The zero-order valence-corrected chi connectivity index (χ0v) is 21.5. The molecule has 34 heavy (non-hydrogen) atoms. The number of carbonyl (C=O) groups is 1. The molecule has 0 radical (unpaired) electrons. The summed E-state index contributed by atoms with van der Waals surface area (Å²) in [5, 5.41) is 0. The lowest BCUT2D eigenvalue weighted by atomic mass is 9.93. The Morgan fingerprint density at radius 3 is 2.38 bits per heavy atom. The summed E-state index contributed by atoms with van der Waals surface area (Å²) in [6, 6.07) is 0. The molecule has 196 valence electrons. The van der Waals surface area contributed by atoms with Crippen LogP contribution in [0.1, 0.15) is 77.6 Å². The van der Waals surface area contributed by atoms with Crippen LogP contribution in [0.15, 0.2) is 12.2 Å². The van der Waals surface area contributed by atoms with E-state index in [0.717, 1.165) is 77.1 Å². The van der Waals surface area contributed by atoms with Crippen molar-refractivity contribution in [1.29, 1.82) is 0 Å². The molecule has 4 unspecified atom stereocenters. The highest BCUT2D eigenvalue weighted by molar-refractivity contribution is 7.85. The van der Waals surface area contributed by atoms with Gasteiger partial charge in [0, 0.05) is 25.6 Å². The molecule has 1 saturated carbocycles. The lowest BCUT2D eigenvalue weighted by molar-refractivity contribution is -0.192. The van der Waals surface area contributed by atoms with Crippen molar-refractivity contribution in [3.8, 4) is 0 Å². The summed E-state index contributed by atoms with van der Waals surface area (Å²) in [6.45, 7) is 3.36. The summed E-state index contributed by atoms with van der Waals surface area (Å²) in [6.07, 6.45) is 14.2. The molecule has 2 aliphatic heterocycles. The quantitative estimate of drug-likeness (QED) is 0.211. The van der Waals surface area contributed by atoms with Gasteiger partial charge in [0.25, 0.3) is 10.1 Å². The number of rotatable bonds is 13. The second-order valence-electron chi connectivity index (χ2n) is 9.66. The molecule has 3 aliphatic rings. The van der Waals surface area contributed by atoms with Crippen molar-refractivity contribution in [2.24, 2.45) is 11.8 Å². The highest BCUT2D eigenvalue weighted by Gasteiger charge is 2.43. The number of hydrogen-bond acceptors (Lipinski definition) is 8. The molecule has 3 rings (SSSR count). The maximum Gasteiger partial charge on any atom is 0.264 e. The van der Waals surface area contributed by atoms with Gasteiger partial charge in [-0.3, -0.25) is 8.98 Å². The second-order valence-corrected chi connectivity index (χ2v) is 11.3. The Hall–Kier alpha value is -0.840. The predicted molar refractivity (Wildman–Crippen MR) is 128 cm³/mol. The number of ether oxygens (including phenoxy) is 4. The van der Waals surface area contributed by atoms with Crippen LogP contribution >= 0.6 is 0 Å². The summed E-state index contributed by atoms with van der Waals surface area (Å²) >= 11 is 0. The first kappa shape index (κ1) is 27.7. The van der Waals surface area contributed by atoms with E-state index in [2.05, 4.69) is 6.92 Å². The van der Waals surface area contributed by atoms with Crippen molar-refractivity contribution in [3.05, 3.63) is 12.2 Å². The molecule has 0 aromatic carbocycles. The van der Waals surface area contributed by atoms with Crippen molar-refractivity contribution < 1.29 is 36.3 Å². The van der Waals surface area contributed by atoms with Crippen LogP contribution in [0, 0.1) is 11.8 Å². The number of carbonyl (C=O) groups excluding carboxylic acids is 1.